The minimum Gasteiger partial charge on any atom is -0.432 e. The number of nitro benzene ring substituents is 1. The van der Waals surface area contributed by atoms with E-state index >= 15 is 0 Å². The van der Waals surface area contributed by atoms with Gasteiger partial charge in [0.2, 0.25) is 11.6 Å². The van der Waals surface area contributed by atoms with E-state index in [-0.39, 0.29) is 22.5 Å². The van der Waals surface area contributed by atoms with Crippen LogP contribution in [0.5, 0.6) is 11.6 Å². The summed E-state index contributed by atoms with van der Waals surface area (Å²) in [6.45, 7) is 3.65. The van der Waals surface area contributed by atoms with Gasteiger partial charge in [0.05, 0.1) is 4.92 Å². The molecule has 20 heavy (non-hydrogen) atoms. The highest BCUT2D eigenvalue weighted by molar-refractivity contribution is 6.29. The first-order valence-corrected chi connectivity index (χ1v) is 6.33. The van der Waals surface area contributed by atoms with Crippen molar-refractivity contribution in [2.45, 2.75) is 20.3 Å². The lowest BCUT2D eigenvalue weighted by molar-refractivity contribution is -0.385. The molecule has 0 bridgehead atoms. The van der Waals surface area contributed by atoms with Gasteiger partial charge >= 0.3 is 5.69 Å². The van der Waals surface area contributed by atoms with E-state index < -0.39 is 4.92 Å². The molecule has 7 heteroatoms. The molecular weight excluding hydrogens is 282 g/mol. The first-order chi connectivity index (χ1) is 9.49. The van der Waals surface area contributed by atoms with Crippen molar-refractivity contribution in [1.82, 2.24) is 9.97 Å². The molecule has 1 aromatic heterocycles. The molecule has 0 saturated heterocycles. The van der Waals surface area contributed by atoms with E-state index in [1.807, 2.05) is 6.92 Å². The van der Waals surface area contributed by atoms with Crippen molar-refractivity contribution >= 4 is 17.3 Å². The Balaban J connectivity index is 2.39. The zero-order chi connectivity index (χ0) is 14.7. The fourth-order valence-corrected chi connectivity index (χ4v) is 1.81. The quantitative estimate of drug-likeness (QED) is 0.488. The zero-order valence-electron chi connectivity index (χ0n) is 11.0. The van der Waals surface area contributed by atoms with Crippen LogP contribution in [0.25, 0.3) is 0 Å². The first-order valence-electron chi connectivity index (χ1n) is 5.96. The second kappa shape index (κ2) is 5.83. The molecule has 2 aromatic rings. The minimum atomic E-state index is -0.494. The third kappa shape index (κ3) is 3.21. The maximum Gasteiger partial charge on any atom is 0.311 e. The summed E-state index contributed by atoms with van der Waals surface area (Å²) in [4.78, 5) is 18.7. The Bertz CT molecular complexity index is 661. The Kier molecular flexibility index (Phi) is 4.14. The number of nitro groups is 1. The molecule has 104 valence electrons. The summed E-state index contributed by atoms with van der Waals surface area (Å²) in [5, 5.41) is 11.3. The molecule has 0 saturated carbocycles. The van der Waals surface area contributed by atoms with Crippen LogP contribution in [0.4, 0.5) is 5.69 Å². The van der Waals surface area contributed by atoms with Crippen molar-refractivity contribution < 1.29 is 9.66 Å². The number of rotatable bonds is 4. The molecule has 0 spiro atoms. The normalized spacial score (nSPS) is 10.3. The van der Waals surface area contributed by atoms with Gasteiger partial charge in [-0.15, -0.1) is 0 Å². The number of aromatic nitrogens is 2. The van der Waals surface area contributed by atoms with Gasteiger partial charge in [0.25, 0.3) is 0 Å². The molecule has 0 unspecified atom stereocenters. The lowest BCUT2D eigenvalue weighted by Gasteiger charge is -2.07. The fraction of sp³-hybridized carbons (Fsp3) is 0.231. The Morgan fingerprint density at radius 3 is 2.75 bits per heavy atom. The lowest BCUT2D eigenvalue weighted by atomic mass is 10.2. The summed E-state index contributed by atoms with van der Waals surface area (Å²) < 4.78 is 5.47. The van der Waals surface area contributed by atoms with Gasteiger partial charge in [-0.2, -0.15) is 4.98 Å². The number of aryl methyl sites for hydroxylation is 2. The van der Waals surface area contributed by atoms with Crippen molar-refractivity contribution in [2.75, 3.05) is 0 Å². The molecule has 6 nitrogen and oxygen atoms in total. The number of hydrogen-bond donors (Lipinski definition) is 0. The number of ether oxygens (including phenoxy) is 1. The second-order valence-electron chi connectivity index (χ2n) is 4.13. The second-order valence-corrected chi connectivity index (χ2v) is 4.52. The third-order valence-electron chi connectivity index (χ3n) is 2.56. The van der Waals surface area contributed by atoms with Gasteiger partial charge < -0.3 is 4.74 Å². The molecule has 0 aliphatic carbocycles. The van der Waals surface area contributed by atoms with E-state index in [0.717, 1.165) is 5.56 Å². The summed E-state index contributed by atoms with van der Waals surface area (Å²) in [6, 6.07) is 6.13. The molecule has 1 aromatic carbocycles. The smallest absolute Gasteiger partial charge is 0.311 e. The monoisotopic (exact) mass is 293 g/mol. The predicted molar refractivity (Wildman–Crippen MR) is 74.3 cm³/mol. The number of halogens is 1. The lowest BCUT2D eigenvalue weighted by Crippen LogP contribution is -1.98. The Labute approximate surface area is 120 Å². The van der Waals surface area contributed by atoms with Crippen LogP contribution >= 0.6 is 11.6 Å². The maximum absolute atomic E-state index is 11.0. The predicted octanol–water partition coefficient (Wildman–Crippen LogP) is 3.70. The SMILES string of the molecule is CCc1nc(Cl)cc(Oc2ccc(C)cc2[N+](=O)[O-])n1. The van der Waals surface area contributed by atoms with Crippen molar-refractivity contribution in [2.24, 2.45) is 0 Å². The highest BCUT2D eigenvalue weighted by Crippen LogP contribution is 2.31. The highest BCUT2D eigenvalue weighted by atomic mass is 35.5. The molecule has 0 radical (unpaired) electrons. The van der Waals surface area contributed by atoms with Crippen LogP contribution in [0.1, 0.15) is 18.3 Å². The molecule has 0 aliphatic heterocycles. The average molecular weight is 294 g/mol. The van der Waals surface area contributed by atoms with E-state index in [1.165, 1.54) is 18.2 Å². The molecule has 1 heterocycles. The van der Waals surface area contributed by atoms with Crippen molar-refractivity contribution in [3.8, 4) is 11.6 Å². The van der Waals surface area contributed by atoms with Crippen molar-refractivity contribution in [3.63, 3.8) is 0 Å². The van der Waals surface area contributed by atoms with Gasteiger partial charge in [0, 0.05) is 18.6 Å². The molecule has 0 atom stereocenters. The van der Waals surface area contributed by atoms with Gasteiger partial charge in [-0.05, 0) is 18.6 Å². The van der Waals surface area contributed by atoms with Crippen LogP contribution in [-0.4, -0.2) is 14.9 Å². The number of hydrogen-bond acceptors (Lipinski definition) is 5. The molecule has 0 amide bonds. The van der Waals surface area contributed by atoms with E-state index in [9.17, 15) is 10.1 Å². The molecule has 2 rings (SSSR count). The summed E-state index contributed by atoms with van der Waals surface area (Å²) in [6.07, 6.45) is 0.590. The highest BCUT2D eigenvalue weighted by Gasteiger charge is 2.17. The van der Waals surface area contributed by atoms with Gasteiger partial charge in [0.1, 0.15) is 11.0 Å². The van der Waals surface area contributed by atoms with E-state index in [4.69, 9.17) is 16.3 Å². The van der Waals surface area contributed by atoms with Crippen LogP contribution in [0.15, 0.2) is 24.3 Å². The fourth-order valence-electron chi connectivity index (χ4n) is 1.62. The summed E-state index contributed by atoms with van der Waals surface area (Å²) in [5.41, 5.74) is 0.664. The van der Waals surface area contributed by atoms with E-state index in [2.05, 4.69) is 9.97 Å². The van der Waals surface area contributed by atoms with Crippen molar-refractivity contribution in [1.29, 1.82) is 0 Å². The van der Waals surface area contributed by atoms with Gasteiger partial charge in [-0.25, -0.2) is 4.98 Å². The summed E-state index contributed by atoms with van der Waals surface area (Å²) in [7, 11) is 0. The summed E-state index contributed by atoms with van der Waals surface area (Å²) in [5.74, 6) is 0.827. The third-order valence-corrected chi connectivity index (χ3v) is 2.75. The molecule has 0 N–H and O–H groups in total. The Morgan fingerprint density at radius 1 is 1.35 bits per heavy atom. The van der Waals surface area contributed by atoms with Crippen LogP contribution in [0.3, 0.4) is 0 Å². The average Bonchev–Trinajstić information content (AvgIpc) is 2.40. The van der Waals surface area contributed by atoms with Crippen LogP contribution in [0, 0.1) is 17.0 Å². The van der Waals surface area contributed by atoms with Crippen LogP contribution < -0.4 is 4.74 Å². The zero-order valence-corrected chi connectivity index (χ0v) is 11.7. The summed E-state index contributed by atoms with van der Waals surface area (Å²) >= 11 is 5.86. The van der Waals surface area contributed by atoms with Crippen LogP contribution in [0.2, 0.25) is 5.15 Å². The van der Waals surface area contributed by atoms with Gasteiger partial charge in [0.15, 0.2) is 0 Å². The molecule has 0 aliphatic rings. The Hall–Kier alpha value is -2.21. The number of nitrogens with zero attached hydrogens (tertiary/aromatic N) is 3. The van der Waals surface area contributed by atoms with Gasteiger partial charge in [-0.3, -0.25) is 10.1 Å². The first kappa shape index (κ1) is 14.2. The van der Waals surface area contributed by atoms with Crippen LogP contribution in [-0.2, 0) is 6.42 Å². The molecule has 0 fully saturated rings. The maximum atomic E-state index is 11.0. The number of benzene rings is 1. The Morgan fingerprint density at radius 2 is 2.10 bits per heavy atom. The van der Waals surface area contributed by atoms with Gasteiger partial charge in [-0.1, -0.05) is 24.6 Å². The molecular formula is C13H12ClN3O3. The minimum absolute atomic E-state index is 0.113. The van der Waals surface area contributed by atoms with Crippen molar-refractivity contribution in [3.05, 3.63) is 50.9 Å². The largest absolute Gasteiger partial charge is 0.432 e. The topological polar surface area (TPSA) is 78.2 Å². The standard InChI is InChI=1S/C13H12ClN3O3/c1-3-12-15-11(14)7-13(16-12)20-10-5-4-8(2)6-9(10)17(18)19/h4-7H,3H2,1-2H3. The van der Waals surface area contributed by atoms with E-state index in [0.29, 0.717) is 12.2 Å². The van der Waals surface area contributed by atoms with E-state index in [1.54, 1.807) is 13.0 Å².